The summed E-state index contributed by atoms with van der Waals surface area (Å²) in [7, 11) is 1.69. The number of piperidine rings is 1. The lowest BCUT2D eigenvalue weighted by Crippen LogP contribution is -2.51. The highest BCUT2D eigenvalue weighted by molar-refractivity contribution is 5.95. The van der Waals surface area contributed by atoms with Gasteiger partial charge in [-0.2, -0.15) is 0 Å². The van der Waals surface area contributed by atoms with E-state index in [0.29, 0.717) is 24.5 Å². The monoisotopic (exact) mass is 432 g/mol. The molecule has 1 amide bonds. The molecular weight excluding hydrogens is 392 g/mol. The van der Waals surface area contributed by atoms with Gasteiger partial charge in [-0.25, -0.2) is 0 Å². The number of hydrogen-bond donors (Lipinski definition) is 1. The number of carbonyl (C=O) groups is 1. The van der Waals surface area contributed by atoms with E-state index in [2.05, 4.69) is 19.2 Å². The van der Waals surface area contributed by atoms with Crippen molar-refractivity contribution in [3.05, 3.63) is 23.8 Å². The summed E-state index contributed by atoms with van der Waals surface area (Å²) in [4.78, 5) is 15.5. The fourth-order valence-corrected chi connectivity index (χ4v) is 4.64. The van der Waals surface area contributed by atoms with E-state index in [4.69, 9.17) is 14.2 Å². The molecule has 174 valence electrons. The fraction of sp³-hybridized carbons (Fsp3) is 0.720. The van der Waals surface area contributed by atoms with Crippen molar-refractivity contribution < 1.29 is 19.0 Å². The molecule has 0 aromatic heterocycles. The Labute approximate surface area is 187 Å². The Kier molecular flexibility index (Phi) is 9.47. The van der Waals surface area contributed by atoms with Crippen LogP contribution in [0.25, 0.3) is 0 Å². The average Bonchev–Trinajstić information content (AvgIpc) is 2.79. The number of ether oxygens (including phenoxy) is 3. The number of carbonyl (C=O) groups excluding carboxylic acids is 1. The van der Waals surface area contributed by atoms with Crippen LogP contribution in [-0.2, 0) is 4.74 Å². The topological polar surface area (TPSA) is 60.0 Å². The van der Waals surface area contributed by atoms with E-state index in [1.165, 1.54) is 19.3 Å². The number of methoxy groups -OCH3 is 1. The summed E-state index contributed by atoms with van der Waals surface area (Å²) in [5.41, 5.74) is 0.664. The molecule has 0 radical (unpaired) electrons. The number of amides is 1. The van der Waals surface area contributed by atoms with Crippen LogP contribution in [0.2, 0.25) is 0 Å². The standard InChI is InChI=1S/C25H40N2O4/c1-19(2)27(21-9-7-14-26-18-21)25(28)20-12-13-23(31-22-10-5-4-6-11-22)24(17-20)30-16-8-15-29-3/h12-13,17,19,21-22,26H,4-11,14-16,18H2,1-3H3/t21-/m1/s1. The predicted octanol–water partition coefficient (Wildman–Crippen LogP) is 4.42. The van der Waals surface area contributed by atoms with E-state index >= 15 is 0 Å². The molecule has 1 N–H and O–H groups in total. The summed E-state index contributed by atoms with van der Waals surface area (Å²) >= 11 is 0. The van der Waals surface area contributed by atoms with Crippen LogP contribution in [0.4, 0.5) is 0 Å². The van der Waals surface area contributed by atoms with Crippen molar-refractivity contribution in [2.75, 3.05) is 33.4 Å². The Morgan fingerprint density at radius 1 is 1.10 bits per heavy atom. The number of nitrogens with zero attached hydrogens (tertiary/aromatic N) is 1. The van der Waals surface area contributed by atoms with Gasteiger partial charge in [0.15, 0.2) is 11.5 Å². The zero-order chi connectivity index (χ0) is 22.1. The van der Waals surface area contributed by atoms with Crippen molar-refractivity contribution in [2.45, 2.75) is 83.4 Å². The van der Waals surface area contributed by atoms with Gasteiger partial charge in [0.25, 0.3) is 5.91 Å². The maximum atomic E-state index is 13.5. The van der Waals surface area contributed by atoms with Crippen LogP contribution >= 0.6 is 0 Å². The Morgan fingerprint density at radius 3 is 2.58 bits per heavy atom. The highest BCUT2D eigenvalue weighted by Gasteiger charge is 2.29. The number of rotatable bonds is 10. The van der Waals surface area contributed by atoms with Gasteiger partial charge < -0.3 is 24.4 Å². The highest BCUT2D eigenvalue weighted by Crippen LogP contribution is 2.33. The quantitative estimate of drug-likeness (QED) is 0.555. The molecule has 0 unspecified atom stereocenters. The van der Waals surface area contributed by atoms with E-state index in [1.807, 2.05) is 23.1 Å². The Bertz CT molecular complexity index is 682. The molecule has 3 rings (SSSR count). The maximum absolute atomic E-state index is 13.5. The maximum Gasteiger partial charge on any atom is 0.254 e. The van der Waals surface area contributed by atoms with Crippen molar-refractivity contribution in [3.63, 3.8) is 0 Å². The van der Waals surface area contributed by atoms with Crippen LogP contribution in [0, 0.1) is 0 Å². The first-order valence-electron chi connectivity index (χ1n) is 12.1. The van der Waals surface area contributed by atoms with Gasteiger partial charge in [0.05, 0.1) is 12.7 Å². The van der Waals surface area contributed by atoms with Crippen molar-refractivity contribution in [2.24, 2.45) is 0 Å². The fourth-order valence-electron chi connectivity index (χ4n) is 4.64. The predicted molar refractivity (Wildman–Crippen MR) is 123 cm³/mol. The molecule has 2 aliphatic rings. The lowest BCUT2D eigenvalue weighted by molar-refractivity contribution is 0.0572. The van der Waals surface area contributed by atoms with E-state index in [9.17, 15) is 4.79 Å². The molecule has 0 bridgehead atoms. The van der Waals surface area contributed by atoms with Gasteiger partial charge in [-0.05, 0) is 77.1 Å². The third-order valence-corrected chi connectivity index (χ3v) is 6.24. The Hall–Kier alpha value is -1.79. The number of hydrogen-bond acceptors (Lipinski definition) is 5. The lowest BCUT2D eigenvalue weighted by Gasteiger charge is -2.37. The van der Waals surface area contributed by atoms with E-state index in [0.717, 1.165) is 50.9 Å². The van der Waals surface area contributed by atoms with Gasteiger partial charge in [-0.15, -0.1) is 0 Å². The van der Waals surface area contributed by atoms with Crippen LogP contribution in [0.15, 0.2) is 18.2 Å². The van der Waals surface area contributed by atoms with Crippen LogP contribution in [0.1, 0.15) is 75.6 Å². The lowest BCUT2D eigenvalue weighted by atomic mass is 9.98. The molecule has 6 heteroatoms. The van der Waals surface area contributed by atoms with E-state index < -0.39 is 0 Å². The second-order valence-electron chi connectivity index (χ2n) is 9.04. The molecule has 6 nitrogen and oxygen atoms in total. The zero-order valence-corrected chi connectivity index (χ0v) is 19.5. The van der Waals surface area contributed by atoms with E-state index in [1.54, 1.807) is 7.11 Å². The van der Waals surface area contributed by atoms with Crippen LogP contribution in [0.5, 0.6) is 11.5 Å². The minimum atomic E-state index is 0.0645. The highest BCUT2D eigenvalue weighted by atomic mass is 16.5. The SMILES string of the molecule is COCCCOc1cc(C(=O)N(C(C)C)[C@@H]2CCCNC2)ccc1OC1CCCCC1. The summed E-state index contributed by atoms with van der Waals surface area (Å²) in [6.45, 7) is 7.25. The molecule has 1 heterocycles. The first-order valence-corrected chi connectivity index (χ1v) is 12.1. The first kappa shape index (κ1) is 23.9. The first-order chi connectivity index (χ1) is 15.1. The molecule has 1 aromatic carbocycles. The van der Waals surface area contributed by atoms with Gasteiger partial charge in [0.2, 0.25) is 0 Å². The van der Waals surface area contributed by atoms with Crippen molar-refractivity contribution in [1.29, 1.82) is 0 Å². The van der Waals surface area contributed by atoms with Gasteiger partial charge in [0.1, 0.15) is 0 Å². The van der Waals surface area contributed by atoms with Crippen LogP contribution < -0.4 is 14.8 Å². The third-order valence-electron chi connectivity index (χ3n) is 6.24. The molecule has 2 fully saturated rings. The number of benzene rings is 1. The van der Waals surface area contributed by atoms with Crippen molar-refractivity contribution in [1.82, 2.24) is 10.2 Å². The average molecular weight is 433 g/mol. The molecule has 1 saturated carbocycles. The second kappa shape index (κ2) is 12.3. The zero-order valence-electron chi connectivity index (χ0n) is 19.5. The molecule has 1 aliphatic carbocycles. The summed E-state index contributed by atoms with van der Waals surface area (Å²) < 4.78 is 17.5. The molecular formula is C25H40N2O4. The second-order valence-corrected chi connectivity index (χ2v) is 9.04. The minimum absolute atomic E-state index is 0.0645. The molecule has 1 aliphatic heterocycles. The molecule has 1 atom stereocenters. The molecule has 1 saturated heterocycles. The van der Waals surface area contributed by atoms with Gasteiger partial charge >= 0.3 is 0 Å². The smallest absolute Gasteiger partial charge is 0.254 e. The van der Waals surface area contributed by atoms with E-state index in [-0.39, 0.29) is 24.1 Å². The Balaban J connectivity index is 1.78. The normalized spacial score (nSPS) is 19.9. The summed E-state index contributed by atoms with van der Waals surface area (Å²) in [5, 5.41) is 3.43. The van der Waals surface area contributed by atoms with Gasteiger partial charge in [-0.3, -0.25) is 4.79 Å². The van der Waals surface area contributed by atoms with Crippen LogP contribution in [-0.4, -0.2) is 62.4 Å². The summed E-state index contributed by atoms with van der Waals surface area (Å²) in [5.74, 6) is 1.48. The number of nitrogens with one attached hydrogen (secondary N) is 1. The van der Waals surface area contributed by atoms with Crippen LogP contribution in [0.3, 0.4) is 0 Å². The van der Waals surface area contributed by atoms with Crippen molar-refractivity contribution in [3.8, 4) is 11.5 Å². The summed E-state index contributed by atoms with van der Waals surface area (Å²) in [6.07, 6.45) is 9.05. The summed E-state index contributed by atoms with van der Waals surface area (Å²) in [6, 6.07) is 6.06. The van der Waals surface area contributed by atoms with Gasteiger partial charge in [0, 0.05) is 44.3 Å². The van der Waals surface area contributed by atoms with Gasteiger partial charge in [-0.1, -0.05) is 6.42 Å². The molecule has 1 aromatic rings. The minimum Gasteiger partial charge on any atom is -0.490 e. The largest absolute Gasteiger partial charge is 0.490 e. The van der Waals surface area contributed by atoms with Crippen molar-refractivity contribution >= 4 is 5.91 Å². The molecule has 0 spiro atoms. The molecule has 31 heavy (non-hydrogen) atoms. The third kappa shape index (κ3) is 6.84. The Morgan fingerprint density at radius 2 is 1.90 bits per heavy atom.